The summed E-state index contributed by atoms with van der Waals surface area (Å²) in [4.78, 5) is 19.4. The molecule has 1 unspecified atom stereocenters. The molecule has 0 N–H and O–H groups in total. The first kappa shape index (κ1) is 13.9. The minimum atomic E-state index is 0.0786. The van der Waals surface area contributed by atoms with E-state index in [1.54, 1.807) is 0 Å². The Bertz CT molecular complexity index is 628. The van der Waals surface area contributed by atoms with Crippen molar-refractivity contribution in [2.24, 2.45) is 7.05 Å². The Morgan fingerprint density at radius 1 is 1.38 bits per heavy atom. The summed E-state index contributed by atoms with van der Waals surface area (Å²) >= 11 is 0. The highest BCUT2D eigenvalue weighted by Crippen LogP contribution is 2.29. The van der Waals surface area contributed by atoms with Gasteiger partial charge in [0.15, 0.2) is 0 Å². The van der Waals surface area contributed by atoms with Crippen LogP contribution < -0.4 is 0 Å². The van der Waals surface area contributed by atoms with E-state index in [4.69, 9.17) is 0 Å². The lowest BCUT2D eigenvalue weighted by Crippen LogP contribution is -2.36. The third-order valence-electron chi connectivity index (χ3n) is 4.21. The average molecular weight is 286 g/mol. The Labute approximate surface area is 125 Å². The summed E-state index contributed by atoms with van der Waals surface area (Å²) in [5.74, 6) is 1.13. The molecule has 0 fully saturated rings. The van der Waals surface area contributed by atoms with E-state index in [2.05, 4.69) is 16.5 Å². The summed E-state index contributed by atoms with van der Waals surface area (Å²) < 4.78 is 4.08. The SMILES string of the molecule is CCCC1c2nccn2CCCN1C(=O)c1cccn1C. The second-order valence-corrected chi connectivity index (χ2v) is 5.64. The molecule has 1 amide bonds. The number of aryl methyl sites for hydroxylation is 2. The van der Waals surface area contributed by atoms with Gasteiger partial charge in [-0.05, 0) is 25.0 Å². The number of imidazole rings is 1. The molecule has 0 saturated carbocycles. The monoisotopic (exact) mass is 286 g/mol. The fourth-order valence-corrected chi connectivity index (χ4v) is 3.15. The molecule has 5 nitrogen and oxygen atoms in total. The molecule has 5 heteroatoms. The van der Waals surface area contributed by atoms with Gasteiger partial charge in [-0.25, -0.2) is 4.98 Å². The fourth-order valence-electron chi connectivity index (χ4n) is 3.15. The van der Waals surface area contributed by atoms with Crippen molar-refractivity contribution in [3.05, 3.63) is 42.2 Å². The van der Waals surface area contributed by atoms with Crippen LogP contribution in [0.15, 0.2) is 30.7 Å². The molecule has 1 aliphatic rings. The van der Waals surface area contributed by atoms with E-state index in [9.17, 15) is 4.79 Å². The number of amides is 1. The molecule has 21 heavy (non-hydrogen) atoms. The molecular formula is C16H22N4O. The Hall–Kier alpha value is -2.04. The van der Waals surface area contributed by atoms with Crippen LogP contribution in [0, 0.1) is 0 Å². The normalized spacial score (nSPS) is 18.4. The first-order valence-corrected chi connectivity index (χ1v) is 7.65. The zero-order valence-corrected chi connectivity index (χ0v) is 12.7. The number of fused-ring (bicyclic) bond motifs is 1. The Morgan fingerprint density at radius 2 is 2.24 bits per heavy atom. The highest BCUT2D eigenvalue weighted by atomic mass is 16.2. The summed E-state index contributed by atoms with van der Waals surface area (Å²) in [6.07, 6.45) is 8.74. The predicted molar refractivity (Wildman–Crippen MR) is 80.9 cm³/mol. The van der Waals surface area contributed by atoms with Crippen LogP contribution in [0.2, 0.25) is 0 Å². The van der Waals surface area contributed by atoms with Gasteiger partial charge in [0.2, 0.25) is 0 Å². The fraction of sp³-hybridized carbons (Fsp3) is 0.500. The molecule has 1 aliphatic heterocycles. The van der Waals surface area contributed by atoms with Crippen molar-refractivity contribution < 1.29 is 4.79 Å². The lowest BCUT2D eigenvalue weighted by molar-refractivity contribution is 0.0655. The van der Waals surface area contributed by atoms with E-state index in [0.29, 0.717) is 0 Å². The zero-order valence-electron chi connectivity index (χ0n) is 12.7. The first-order valence-electron chi connectivity index (χ1n) is 7.65. The lowest BCUT2D eigenvalue weighted by Gasteiger charge is -2.29. The largest absolute Gasteiger partial charge is 0.347 e. The van der Waals surface area contributed by atoms with Gasteiger partial charge in [-0.15, -0.1) is 0 Å². The molecule has 0 spiro atoms. The van der Waals surface area contributed by atoms with Crippen molar-refractivity contribution in [1.29, 1.82) is 0 Å². The van der Waals surface area contributed by atoms with Crippen LogP contribution >= 0.6 is 0 Å². The second-order valence-electron chi connectivity index (χ2n) is 5.64. The molecule has 2 aromatic heterocycles. The molecule has 0 aromatic carbocycles. The summed E-state index contributed by atoms with van der Waals surface area (Å²) in [7, 11) is 1.92. The van der Waals surface area contributed by atoms with Crippen molar-refractivity contribution in [3.8, 4) is 0 Å². The minimum Gasteiger partial charge on any atom is -0.347 e. The molecule has 112 valence electrons. The van der Waals surface area contributed by atoms with Crippen molar-refractivity contribution in [3.63, 3.8) is 0 Å². The summed E-state index contributed by atoms with van der Waals surface area (Å²) in [6, 6.07) is 3.89. The second kappa shape index (κ2) is 5.76. The van der Waals surface area contributed by atoms with Gasteiger partial charge in [-0.3, -0.25) is 4.79 Å². The number of aromatic nitrogens is 3. The smallest absolute Gasteiger partial charge is 0.271 e. The molecule has 3 rings (SSSR count). The van der Waals surface area contributed by atoms with Crippen molar-refractivity contribution in [2.45, 2.75) is 38.8 Å². The maximum atomic E-state index is 12.9. The van der Waals surface area contributed by atoms with Gasteiger partial charge in [0.1, 0.15) is 11.5 Å². The topological polar surface area (TPSA) is 43.1 Å². The van der Waals surface area contributed by atoms with E-state index in [-0.39, 0.29) is 11.9 Å². The Morgan fingerprint density at radius 3 is 2.95 bits per heavy atom. The molecule has 0 aliphatic carbocycles. The molecular weight excluding hydrogens is 264 g/mol. The van der Waals surface area contributed by atoms with E-state index in [1.165, 1.54) is 0 Å². The van der Waals surface area contributed by atoms with Crippen LogP contribution in [0.25, 0.3) is 0 Å². The van der Waals surface area contributed by atoms with Crippen LogP contribution in [0.1, 0.15) is 48.5 Å². The summed E-state index contributed by atoms with van der Waals surface area (Å²) in [5.41, 5.74) is 0.746. The Balaban J connectivity index is 1.96. The van der Waals surface area contributed by atoms with Gasteiger partial charge in [-0.1, -0.05) is 13.3 Å². The van der Waals surface area contributed by atoms with Gasteiger partial charge >= 0.3 is 0 Å². The van der Waals surface area contributed by atoms with Crippen LogP contribution in [0.3, 0.4) is 0 Å². The maximum Gasteiger partial charge on any atom is 0.271 e. The summed E-state index contributed by atoms with van der Waals surface area (Å²) in [6.45, 7) is 3.88. The standard InChI is InChI=1S/C16H22N4O/c1-3-6-13-15-17-8-12-19(15)10-5-11-20(13)16(21)14-7-4-9-18(14)2/h4,7-9,12-13H,3,5-6,10-11H2,1-2H3. The highest BCUT2D eigenvalue weighted by molar-refractivity contribution is 5.93. The quantitative estimate of drug-likeness (QED) is 0.870. The van der Waals surface area contributed by atoms with Gasteiger partial charge in [-0.2, -0.15) is 0 Å². The molecule has 3 heterocycles. The van der Waals surface area contributed by atoms with Gasteiger partial charge in [0.25, 0.3) is 5.91 Å². The van der Waals surface area contributed by atoms with Crippen LogP contribution in [-0.4, -0.2) is 31.5 Å². The molecule has 2 aromatic rings. The van der Waals surface area contributed by atoms with E-state index >= 15 is 0 Å². The van der Waals surface area contributed by atoms with E-state index < -0.39 is 0 Å². The van der Waals surface area contributed by atoms with Gasteiger partial charge < -0.3 is 14.0 Å². The minimum absolute atomic E-state index is 0.0786. The van der Waals surface area contributed by atoms with Gasteiger partial charge in [0, 0.05) is 38.7 Å². The van der Waals surface area contributed by atoms with Crippen molar-refractivity contribution in [1.82, 2.24) is 19.0 Å². The predicted octanol–water partition coefficient (Wildman–Crippen LogP) is 2.61. The van der Waals surface area contributed by atoms with Crippen LogP contribution in [-0.2, 0) is 13.6 Å². The molecule has 0 radical (unpaired) electrons. The zero-order chi connectivity index (χ0) is 14.8. The molecule has 0 bridgehead atoms. The molecule has 0 saturated heterocycles. The van der Waals surface area contributed by atoms with E-state index in [0.717, 1.165) is 43.9 Å². The number of hydrogen-bond donors (Lipinski definition) is 0. The Kier molecular flexibility index (Phi) is 3.82. The lowest BCUT2D eigenvalue weighted by atomic mass is 10.1. The summed E-state index contributed by atoms with van der Waals surface area (Å²) in [5, 5.41) is 0. The van der Waals surface area contributed by atoms with Crippen LogP contribution in [0.4, 0.5) is 0 Å². The maximum absolute atomic E-state index is 12.9. The molecule has 1 atom stereocenters. The van der Waals surface area contributed by atoms with Crippen molar-refractivity contribution in [2.75, 3.05) is 6.54 Å². The van der Waals surface area contributed by atoms with E-state index in [1.807, 2.05) is 47.2 Å². The number of rotatable bonds is 3. The highest BCUT2D eigenvalue weighted by Gasteiger charge is 2.31. The number of nitrogens with zero attached hydrogens (tertiary/aromatic N) is 4. The van der Waals surface area contributed by atoms with Crippen molar-refractivity contribution >= 4 is 5.91 Å². The number of hydrogen-bond acceptors (Lipinski definition) is 2. The first-order chi connectivity index (χ1) is 10.2. The number of carbonyl (C=O) groups excluding carboxylic acids is 1. The average Bonchev–Trinajstić information content (AvgIpc) is 3.07. The third kappa shape index (κ3) is 2.48. The van der Waals surface area contributed by atoms with Gasteiger partial charge in [0.05, 0.1) is 6.04 Å². The third-order valence-corrected chi connectivity index (χ3v) is 4.21. The van der Waals surface area contributed by atoms with Crippen LogP contribution in [0.5, 0.6) is 0 Å². The number of carbonyl (C=O) groups is 1.